The molecule has 72 valence electrons. The van der Waals surface area contributed by atoms with Gasteiger partial charge in [0.15, 0.2) is 0 Å². The van der Waals surface area contributed by atoms with Crippen LogP contribution in [-0.2, 0) is 24.3 Å². The lowest BCUT2D eigenvalue weighted by Gasteiger charge is -2.17. The Morgan fingerprint density at radius 3 is 3.38 bits per heavy atom. The number of hydrogen-bond acceptors (Lipinski definition) is 3. The number of ether oxygens (including phenoxy) is 1. The zero-order valence-electron chi connectivity index (χ0n) is 7.73. The molecule has 0 spiro atoms. The van der Waals surface area contributed by atoms with Crippen LogP contribution in [0, 0.1) is 0 Å². The van der Waals surface area contributed by atoms with Gasteiger partial charge in [-0.15, -0.1) is 0 Å². The van der Waals surface area contributed by atoms with Crippen molar-refractivity contribution >= 4 is 0 Å². The molecule has 13 heavy (non-hydrogen) atoms. The molecule has 1 aliphatic rings. The van der Waals surface area contributed by atoms with Gasteiger partial charge in [-0.05, 0) is 12.5 Å². The van der Waals surface area contributed by atoms with Gasteiger partial charge in [-0.2, -0.15) is 5.10 Å². The van der Waals surface area contributed by atoms with E-state index in [1.54, 1.807) is 7.11 Å². The van der Waals surface area contributed by atoms with Crippen LogP contribution in [0.4, 0.5) is 0 Å². The van der Waals surface area contributed by atoms with Gasteiger partial charge in [-0.25, -0.2) is 0 Å². The van der Waals surface area contributed by atoms with Gasteiger partial charge in [0.25, 0.3) is 0 Å². The predicted octanol–water partition coefficient (Wildman–Crippen LogP) is 0.337. The second-order valence-corrected chi connectivity index (χ2v) is 3.43. The van der Waals surface area contributed by atoms with E-state index in [-0.39, 0.29) is 6.10 Å². The maximum atomic E-state index is 9.42. The zero-order chi connectivity index (χ0) is 9.26. The lowest BCUT2D eigenvalue weighted by molar-refractivity contribution is 0.139. The average molecular weight is 182 g/mol. The molecular formula is C9H14N2O2. The smallest absolute Gasteiger partial charge is 0.0902 e. The number of aliphatic hydroxyl groups excluding tert-OH is 1. The van der Waals surface area contributed by atoms with Crippen molar-refractivity contribution in [1.82, 2.24) is 9.78 Å². The summed E-state index contributed by atoms with van der Waals surface area (Å²) in [5, 5.41) is 13.8. The van der Waals surface area contributed by atoms with Gasteiger partial charge in [0.2, 0.25) is 0 Å². The minimum absolute atomic E-state index is 0.195. The van der Waals surface area contributed by atoms with Crippen LogP contribution in [-0.4, -0.2) is 28.1 Å². The van der Waals surface area contributed by atoms with Crippen LogP contribution in [0.1, 0.15) is 17.8 Å². The Kier molecular flexibility index (Phi) is 2.33. The van der Waals surface area contributed by atoms with Crippen LogP contribution >= 0.6 is 0 Å². The summed E-state index contributed by atoms with van der Waals surface area (Å²) in [7, 11) is 1.66. The average Bonchev–Trinajstić information content (AvgIpc) is 2.46. The summed E-state index contributed by atoms with van der Waals surface area (Å²) in [6.45, 7) is 1.37. The highest BCUT2D eigenvalue weighted by Gasteiger charge is 2.17. The number of rotatable bonds is 2. The molecule has 0 saturated carbocycles. The molecule has 1 unspecified atom stereocenters. The van der Waals surface area contributed by atoms with E-state index in [4.69, 9.17) is 4.74 Å². The third-order valence-corrected chi connectivity index (χ3v) is 2.33. The molecule has 0 saturated heterocycles. The number of aliphatic hydroxyl groups is 1. The number of hydrogen-bond donors (Lipinski definition) is 1. The van der Waals surface area contributed by atoms with Crippen molar-refractivity contribution in [2.45, 2.75) is 32.1 Å². The second-order valence-electron chi connectivity index (χ2n) is 3.43. The Labute approximate surface area is 77.1 Å². The highest BCUT2D eigenvalue weighted by Crippen LogP contribution is 2.16. The minimum atomic E-state index is -0.195. The maximum Gasteiger partial charge on any atom is 0.0902 e. The van der Waals surface area contributed by atoms with E-state index in [0.29, 0.717) is 6.61 Å². The van der Waals surface area contributed by atoms with Gasteiger partial charge in [-0.3, -0.25) is 4.68 Å². The molecule has 2 heterocycles. The van der Waals surface area contributed by atoms with E-state index in [1.165, 1.54) is 0 Å². The summed E-state index contributed by atoms with van der Waals surface area (Å²) < 4.78 is 6.95. The molecule has 1 aromatic heterocycles. The van der Waals surface area contributed by atoms with Crippen molar-refractivity contribution in [1.29, 1.82) is 0 Å². The summed E-state index contributed by atoms with van der Waals surface area (Å²) in [4.78, 5) is 0. The molecule has 4 heteroatoms. The van der Waals surface area contributed by atoms with Gasteiger partial charge in [0.05, 0.1) is 18.4 Å². The first-order valence-corrected chi connectivity index (χ1v) is 4.52. The fourth-order valence-corrected chi connectivity index (χ4v) is 1.71. The van der Waals surface area contributed by atoms with E-state index >= 15 is 0 Å². The summed E-state index contributed by atoms with van der Waals surface area (Å²) in [6, 6.07) is 2.01. The number of aryl methyl sites for hydroxylation is 1. The van der Waals surface area contributed by atoms with Gasteiger partial charge < -0.3 is 9.84 Å². The molecule has 2 rings (SSSR count). The van der Waals surface area contributed by atoms with Crippen molar-refractivity contribution < 1.29 is 9.84 Å². The number of methoxy groups -OCH3 is 1. The van der Waals surface area contributed by atoms with Crippen LogP contribution in [0.5, 0.6) is 0 Å². The van der Waals surface area contributed by atoms with Gasteiger partial charge in [0.1, 0.15) is 0 Å². The topological polar surface area (TPSA) is 47.3 Å². The van der Waals surface area contributed by atoms with Crippen molar-refractivity contribution in [2.24, 2.45) is 0 Å². The largest absolute Gasteiger partial charge is 0.393 e. The Bertz CT molecular complexity index is 296. The standard InChI is InChI=1S/C9H14N2O2/c1-13-6-7-4-8-5-9(12)2-3-11(8)10-7/h4,9,12H,2-3,5-6H2,1H3. The molecule has 4 nitrogen and oxygen atoms in total. The fourth-order valence-electron chi connectivity index (χ4n) is 1.71. The minimum Gasteiger partial charge on any atom is -0.393 e. The molecule has 1 N–H and O–H groups in total. The van der Waals surface area contributed by atoms with E-state index in [2.05, 4.69) is 5.10 Å². The number of aromatic nitrogens is 2. The van der Waals surface area contributed by atoms with Crippen molar-refractivity contribution in [3.63, 3.8) is 0 Å². The molecule has 1 aliphatic heterocycles. The van der Waals surface area contributed by atoms with Gasteiger partial charge in [-0.1, -0.05) is 0 Å². The molecular weight excluding hydrogens is 168 g/mol. The molecule has 0 aromatic carbocycles. The van der Waals surface area contributed by atoms with Crippen molar-refractivity contribution in [2.75, 3.05) is 7.11 Å². The molecule has 0 amide bonds. The third kappa shape index (κ3) is 1.73. The fraction of sp³-hybridized carbons (Fsp3) is 0.667. The molecule has 0 bridgehead atoms. The van der Waals surface area contributed by atoms with Crippen molar-refractivity contribution in [3.05, 3.63) is 17.5 Å². The Morgan fingerprint density at radius 1 is 1.77 bits per heavy atom. The Morgan fingerprint density at radius 2 is 2.62 bits per heavy atom. The molecule has 0 aliphatic carbocycles. The number of fused-ring (bicyclic) bond motifs is 1. The highest BCUT2D eigenvalue weighted by molar-refractivity contribution is 5.12. The summed E-state index contributed by atoms with van der Waals surface area (Å²) in [5.74, 6) is 0. The summed E-state index contributed by atoms with van der Waals surface area (Å²) in [6.07, 6.45) is 1.33. The molecule has 1 atom stereocenters. The van der Waals surface area contributed by atoms with Gasteiger partial charge >= 0.3 is 0 Å². The summed E-state index contributed by atoms with van der Waals surface area (Å²) in [5.41, 5.74) is 2.07. The lowest BCUT2D eigenvalue weighted by atomic mass is 10.1. The van der Waals surface area contributed by atoms with E-state index in [0.717, 1.165) is 30.8 Å². The monoisotopic (exact) mass is 182 g/mol. The Balaban J connectivity index is 2.18. The SMILES string of the molecule is COCc1cc2n(n1)CCC(O)C2. The normalized spacial score (nSPS) is 21.5. The summed E-state index contributed by atoms with van der Waals surface area (Å²) >= 11 is 0. The van der Waals surface area contributed by atoms with E-state index in [9.17, 15) is 5.11 Å². The van der Waals surface area contributed by atoms with Crippen LogP contribution in [0.3, 0.4) is 0 Å². The van der Waals surface area contributed by atoms with Crippen molar-refractivity contribution in [3.8, 4) is 0 Å². The molecule has 0 fully saturated rings. The third-order valence-electron chi connectivity index (χ3n) is 2.33. The Hall–Kier alpha value is -0.870. The first-order valence-electron chi connectivity index (χ1n) is 4.52. The predicted molar refractivity (Wildman–Crippen MR) is 47.3 cm³/mol. The van der Waals surface area contributed by atoms with Crippen LogP contribution < -0.4 is 0 Å². The van der Waals surface area contributed by atoms with E-state index in [1.807, 2.05) is 10.7 Å². The number of nitrogens with zero attached hydrogens (tertiary/aromatic N) is 2. The van der Waals surface area contributed by atoms with E-state index < -0.39 is 0 Å². The van der Waals surface area contributed by atoms with Gasteiger partial charge in [0, 0.05) is 25.8 Å². The molecule has 0 radical (unpaired) electrons. The quantitative estimate of drug-likeness (QED) is 0.717. The zero-order valence-corrected chi connectivity index (χ0v) is 7.73. The highest BCUT2D eigenvalue weighted by atomic mass is 16.5. The molecule has 1 aromatic rings. The maximum absolute atomic E-state index is 9.42. The second kappa shape index (κ2) is 3.47. The van der Waals surface area contributed by atoms with Crippen LogP contribution in [0.25, 0.3) is 0 Å². The first-order chi connectivity index (χ1) is 6.29. The van der Waals surface area contributed by atoms with Crippen LogP contribution in [0.2, 0.25) is 0 Å². The van der Waals surface area contributed by atoms with Crippen LogP contribution in [0.15, 0.2) is 6.07 Å². The first kappa shape index (κ1) is 8.72. The lowest BCUT2D eigenvalue weighted by Crippen LogP contribution is -2.23.